The Morgan fingerprint density at radius 3 is 2.42 bits per heavy atom. The average molecular weight is 568 g/mol. The maximum atomic E-state index is 14.9. The van der Waals surface area contributed by atoms with Crippen molar-refractivity contribution in [2.45, 2.75) is 71.0 Å². The van der Waals surface area contributed by atoms with E-state index in [0.29, 0.717) is 23.4 Å². The van der Waals surface area contributed by atoms with E-state index in [1.54, 1.807) is 0 Å². The Hall–Kier alpha value is -3.77. The summed E-state index contributed by atoms with van der Waals surface area (Å²) in [4.78, 5) is 57.9. The average Bonchev–Trinajstić information content (AvgIpc) is 3.11. The van der Waals surface area contributed by atoms with Crippen molar-refractivity contribution >= 4 is 17.8 Å². The van der Waals surface area contributed by atoms with E-state index in [4.69, 9.17) is 0 Å². The van der Waals surface area contributed by atoms with E-state index >= 15 is 0 Å². The van der Waals surface area contributed by atoms with E-state index < -0.39 is 29.4 Å². The summed E-state index contributed by atoms with van der Waals surface area (Å²) in [5.41, 5.74) is -0.336. The van der Waals surface area contributed by atoms with E-state index in [1.165, 1.54) is 30.9 Å². The van der Waals surface area contributed by atoms with Crippen LogP contribution < -0.4 is 15.2 Å². The van der Waals surface area contributed by atoms with Gasteiger partial charge >= 0.3 is 17.7 Å². The van der Waals surface area contributed by atoms with Gasteiger partial charge in [-0.05, 0) is 50.8 Å². The van der Waals surface area contributed by atoms with Crippen molar-refractivity contribution < 1.29 is 41.6 Å². The summed E-state index contributed by atoms with van der Waals surface area (Å²) in [5.74, 6) is -4.22. The van der Waals surface area contributed by atoms with Crippen molar-refractivity contribution in [1.82, 2.24) is 14.9 Å². The van der Waals surface area contributed by atoms with Crippen LogP contribution in [0.15, 0.2) is 23.0 Å². The van der Waals surface area contributed by atoms with E-state index in [-0.39, 0.29) is 53.8 Å². The van der Waals surface area contributed by atoms with Crippen LogP contribution in [0.5, 0.6) is 0 Å². The molecule has 0 bridgehead atoms. The number of benzene rings is 1. The van der Waals surface area contributed by atoms with Crippen LogP contribution in [0.25, 0.3) is 0 Å². The maximum Gasteiger partial charge on any atom is 0.498 e. The molecule has 4 rings (SSSR count). The minimum Gasteiger partial charge on any atom is -0.338 e. The van der Waals surface area contributed by atoms with Crippen LogP contribution in [0.4, 0.5) is 17.6 Å². The number of amides is 2. The lowest BCUT2D eigenvalue weighted by atomic mass is 9.94. The van der Waals surface area contributed by atoms with Gasteiger partial charge in [0.15, 0.2) is 0 Å². The zero-order valence-corrected chi connectivity index (χ0v) is 22.3. The van der Waals surface area contributed by atoms with Crippen LogP contribution in [0.1, 0.15) is 71.3 Å². The number of halogens is 4. The van der Waals surface area contributed by atoms with E-state index in [9.17, 15) is 36.7 Å². The number of carbonyl (C=O) groups is 3. The van der Waals surface area contributed by atoms with E-state index in [0.717, 1.165) is 38.2 Å². The fourth-order valence-electron chi connectivity index (χ4n) is 5.25. The number of nitrogens with one attached hydrogen (secondary N) is 1. The number of nitrogens with zero attached hydrogens (tertiary/aromatic N) is 3. The summed E-state index contributed by atoms with van der Waals surface area (Å²) in [6.45, 7) is 3.53. The molecule has 1 aromatic carbocycles. The Balaban J connectivity index is 1.58. The summed E-state index contributed by atoms with van der Waals surface area (Å²) in [6.07, 6.45) is 0.141. The second-order valence-electron chi connectivity index (χ2n) is 10.3. The predicted molar refractivity (Wildman–Crippen MR) is 133 cm³/mol. The largest absolute Gasteiger partial charge is 0.498 e. The van der Waals surface area contributed by atoms with Crippen LogP contribution in [-0.2, 0) is 16.0 Å². The molecule has 13 heteroatoms. The molecule has 0 atom stereocenters. The van der Waals surface area contributed by atoms with Gasteiger partial charge in [-0.1, -0.05) is 30.4 Å². The van der Waals surface area contributed by atoms with Gasteiger partial charge in [0.05, 0.1) is 12.0 Å². The van der Waals surface area contributed by atoms with Gasteiger partial charge in [0.1, 0.15) is 17.2 Å². The molecule has 2 amide bonds. The number of hydrogen-bond donors (Lipinski definition) is 1. The number of rotatable bonds is 5. The van der Waals surface area contributed by atoms with Gasteiger partial charge in [0.25, 0.3) is 11.6 Å². The molecular weight excluding hydrogens is 536 g/mol. The molecule has 2 heterocycles. The van der Waals surface area contributed by atoms with Gasteiger partial charge in [-0.2, -0.15) is 18.0 Å². The van der Waals surface area contributed by atoms with E-state index in [1.807, 2.05) is 4.90 Å². The molecule has 9 nitrogen and oxygen atoms in total. The summed E-state index contributed by atoms with van der Waals surface area (Å²) >= 11 is 0. The van der Waals surface area contributed by atoms with Crippen molar-refractivity contribution in [3.63, 3.8) is 0 Å². The van der Waals surface area contributed by atoms with Crippen LogP contribution in [0, 0.1) is 19.7 Å². The van der Waals surface area contributed by atoms with Gasteiger partial charge in [-0.25, -0.2) is 9.18 Å². The molecule has 0 unspecified atom stereocenters. The molecule has 2 aromatic rings. The third-order valence-corrected chi connectivity index (χ3v) is 7.60. The van der Waals surface area contributed by atoms with Gasteiger partial charge < -0.3 is 9.80 Å². The highest BCUT2D eigenvalue weighted by Gasteiger charge is 2.46. The van der Waals surface area contributed by atoms with Crippen molar-refractivity contribution in [3.8, 4) is 0 Å². The van der Waals surface area contributed by atoms with Crippen LogP contribution in [0.2, 0.25) is 0 Å². The first-order valence-electron chi connectivity index (χ1n) is 13.2. The molecule has 40 heavy (non-hydrogen) atoms. The van der Waals surface area contributed by atoms with Gasteiger partial charge in [-0.15, -0.1) is 0 Å². The van der Waals surface area contributed by atoms with Crippen LogP contribution in [0.3, 0.4) is 0 Å². The van der Waals surface area contributed by atoms with E-state index in [2.05, 4.69) is 9.94 Å². The molecule has 1 aromatic heterocycles. The topological polar surface area (TPSA) is 104 Å². The number of aromatic amines is 1. The normalized spacial score (nSPS) is 17.1. The van der Waals surface area contributed by atoms with Gasteiger partial charge in [0, 0.05) is 30.3 Å². The minimum absolute atomic E-state index is 0.00668. The van der Waals surface area contributed by atoms with Gasteiger partial charge in [-0.3, -0.25) is 14.4 Å². The summed E-state index contributed by atoms with van der Waals surface area (Å²) < 4.78 is 53.4. The Morgan fingerprint density at radius 2 is 1.75 bits per heavy atom. The predicted octanol–water partition coefficient (Wildman–Crippen LogP) is 2.53. The lowest BCUT2D eigenvalue weighted by Crippen LogP contribution is -2.58. The second-order valence-corrected chi connectivity index (χ2v) is 10.3. The summed E-state index contributed by atoms with van der Waals surface area (Å²) in [6, 6.07) is 3.79. The summed E-state index contributed by atoms with van der Waals surface area (Å²) in [7, 11) is 0. The molecule has 216 valence electrons. The standard InChI is InChI=1S/C27H30F4N4O5/c1-16-17(2)24(37)32-35(40-26(39)27(29,30)31)22(16)14-18-9-10-21(28)20(13-18)25(38)33-11-6-12-34(23(36)15-33)19-7-4-3-5-8-19/h9-10,13,19H,3-8,11-12,14-15H2,1-2H3/p+1. The minimum atomic E-state index is -5.31. The molecule has 1 aliphatic heterocycles. The fourth-order valence-corrected chi connectivity index (χ4v) is 5.25. The fraction of sp³-hybridized carbons (Fsp3) is 0.519. The summed E-state index contributed by atoms with van der Waals surface area (Å²) in [5, 5.41) is 2.08. The number of alkyl halides is 3. The van der Waals surface area contributed by atoms with Crippen molar-refractivity contribution in [2.75, 3.05) is 19.6 Å². The van der Waals surface area contributed by atoms with Crippen molar-refractivity contribution in [1.29, 1.82) is 0 Å². The first-order chi connectivity index (χ1) is 18.9. The van der Waals surface area contributed by atoms with Crippen LogP contribution >= 0.6 is 0 Å². The Kier molecular flexibility index (Phi) is 8.59. The molecule has 0 spiro atoms. The molecule has 1 saturated heterocycles. The third kappa shape index (κ3) is 6.34. The molecule has 1 N–H and O–H groups in total. The first-order valence-corrected chi connectivity index (χ1v) is 13.2. The SMILES string of the molecule is Cc1c(C)c(=O)[nH][n+](OC(=O)C(F)(F)F)c1Cc1ccc(F)c(C(=O)N2CCCN(C3CCCCC3)C(=O)C2)c1. The lowest BCUT2D eigenvalue weighted by Gasteiger charge is -2.33. The highest BCUT2D eigenvalue weighted by Crippen LogP contribution is 2.25. The smallest absolute Gasteiger partial charge is 0.338 e. The van der Waals surface area contributed by atoms with Crippen molar-refractivity contribution in [3.05, 3.63) is 62.3 Å². The molecule has 1 saturated carbocycles. The number of carbonyl (C=O) groups excluding carboxylic acids is 3. The number of aromatic nitrogens is 2. The molecule has 0 radical (unpaired) electrons. The van der Waals surface area contributed by atoms with Gasteiger partial charge in [0.2, 0.25) is 5.91 Å². The molecule has 2 aliphatic rings. The van der Waals surface area contributed by atoms with Crippen LogP contribution in [-0.4, -0.2) is 64.5 Å². The first kappa shape index (κ1) is 29.2. The third-order valence-electron chi connectivity index (χ3n) is 7.60. The second kappa shape index (κ2) is 11.8. The Labute approximate surface area is 227 Å². The highest BCUT2D eigenvalue weighted by molar-refractivity contribution is 5.97. The van der Waals surface area contributed by atoms with Crippen molar-refractivity contribution in [2.24, 2.45) is 0 Å². The molecular formula is C27H31F4N4O5+. The lowest BCUT2D eigenvalue weighted by molar-refractivity contribution is -0.921. The molecule has 1 aliphatic carbocycles. The zero-order chi connectivity index (χ0) is 29.2. The Bertz CT molecular complexity index is 1370. The maximum absolute atomic E-state index is 14.9. The highest BCUT2D eigenvalue weighted by atomic mass is 19.4. The molecule has 2 fully saturated rings. The Morgan fingerprint density at radius 1 is 1.05 bits per heavy atom. The zero-order valence-electron chi connectivity index (χ0n) is 22.3. The monoisotopic (exact) mass is 567 g/mol. The quantitative estimate of drug-likeness (QED) is 0.442. The number of hydrogen-bond acceptors (Lipinski definition) is 5. The number of H-pyrrole nitrogens is 1.